The number of anilines is 1. The smallest absolute Gasteiger partial charge is 0.274 e. The number of allylic oxidation sites excluding steroid dienone is 1. The van der Waals surface area contributed by atoms with Gasteiger partial charge in [0, 0.05) is 12.1 Å². The van der Waals surface area contributed by atoms with Crippen molar-refractivity contribution in [3.63, 3.8) is 0 Å². The van der Waals surface area contributed by atoms with Crippen LogP contribution in [0.3, 0.4) is 0 Å². The predicted octanol–water partition coefficient (Wildman–Crippen LogP) is 2.67. The molecule has 3 N–H and O–H groups in total. The fraction of sp³-hybridized carbons (Fsp3) is 0.105. The standard InChI is InChI=1S/C19H19N5O/c1-14-18(25)20-19(23-21-14)24-22-17(12-15-8-4-2-5-9-15)13-16-10-6-3-7-11-16/h2-12,22H,13H2,1H3,(H2,20,23,24,25)/b17-12+. The molecule has 0 radical (unpaired) electrons. The lowest BCUT2D eigenvalue weighted by Crippen LogP contribution is -2.26. The van der Waals surface area contributed by atoms with Crippen LogP contribution in [-0.4, -0.2) is 15.2 Å². The largest absolute Gasteiger partial charge is 0.302 e. The van der Waals surface area contributed by atoms with Crippen molar-refractivity contribution < 1.29 is 0 Å². The molecule has 0 aliphatic rings. The lowest BCUT2D eigenvalue weighted by molar-refractivity contribution is 0.838. The van der Waals surface area contributed by atoms with Crippen molar-refractivity contribution in [2.75, 3.05) is 5.43 Å². The zero-order chi connectivity index (χ0) is 17.5. The molecule has 1 aromatic heterocycles. The molecule has 0 unspecified atom stereocenters. The van der Waals surface area contributed by atoms with Crippen LogP contribution in [0.25, 0.3) is 6.08 Å². The third kappa shape index (κ3) is 4.78. The van der Waals surface area contributed by atoms with Crippen LogP contribution in [0.15, 0.2) is 71.2 Å². The summed E-state index contributed by atoms with van der Waals surface area (Å²) < 4.78 is 0. The van der Waals surface area contributed by atoms with E-state index in [1.165, 1.54) is 5.56 Å². The van der Waals surface area contributed by atoms with E-state index >= 15 is 0 Å². The maximum Gasteiger partial charge on any atom is 0.274 e. The third-order valence-corrected chi connectivity index (χ3v) is 3.58. The first-order valence-corrected chi connectivity index (χ1v) is 7.96. The number of nitrogens with zero attached hydrogens (tertiary/aromatic N) is 2. The predicted molar refractivity (Wildman–Crippen MR) is 98.7 cm³/mol. The third-order valence-electron chi connectivity index (χ3n) is 3.58. The van der Waals surface area contributed by atoms with Crippen molar-refractivity contribution in [1.29, 1.82) is 0 Å². The Bertz CT molecular complexity index is 904. The van der Waals surface area contributed by atoms with Crippen LogP contribution in [0.1, 0.15) is 16.8 Å². The Labute approximate surface area is 145 Å². The van der Waals surface area contributed by atoms with Crippen LogP contribution in [0.2, 0.25) is 0 Å². The maximum absolute atomic E-state index is 11.6. The van der Waals surface area contributed by atoms with Gasteiger partial charge in [-0.25, -0.2) is 0 Å². The van der Waals surface area contributed by atoms with E-state index in [2.05, 4.69) is 38.2 Å². The highest BCUT2D eigenvalue weighted by molar-refractivity contribution is 5.53. The van der Waals surface area contributed by atoms with Gasteiger partial charge in [0.15, 0.2) is 0 Å². The van der Waals surface area contributed by atoms with Crippen molar-refractivity contribution in [3.8, 4) is 0 Å². The lowest BCUT2D eigenvalue weighted by atomic mass is 10.1. The highest BCUT2D eigenvalue weighted by Crippen LogP contribution is 2.11. The molecule has 126 valence electrons. The van der Waals surface area contributed by atoms with Gasteiger partial charge in [0.1, 0.15) is 5.69 Å². The van der Waals surface area contributed by atoms with Crippen molar-refractivity contribution >= 4 is 12.0 Å². The van der Waals surface area contributed by atoms with E-state index in [9.17, 15) is 4.79 Å². The summed E-state index contributed by atoms with van der Waals surface area (Å²) in [4.78, 5) is 14.3. The van der Waals surface area contributed by atoms with E-state index in [0.717, 1.165) is 11.3 Å². The number of hydrazine groups is 1. The Balaban J connectivity index is 1.79. The van der Waals surface area contributed by atoms with E-state index in [4.69, 9.17) is 0 Å². The summed E-state index contributed by atoms with van der Waals surface area (Å²) in [5.74, 6) is 0.266. The molecule has 0 atom stereocenters. The first kappa shape index (κ1) is 16.4. The van der Waals surface area contributed by atoms with Gasteiger partial charge in [0.05, 0.1) is 0 Å². The Kier molecular flexibility index (Phi) is 5.21. The minimum atomic E-state index is -0.268. The summed E-state index contributed by atoms with van der Waals surface area (Å²) in [5, 5.41) is 7.73. The molecule has 0 aliphatic carbocycles. The van der Waals surface area contributed by atoms with Crippen molar-refractivity contribution in [2.45, 2.75) is 13.3 Å². The summed E-state index contributed by atoms with van der Waals surface area (Å²) in [6.07, 6.45) is 2.74. The zero-order valence-corrected chi connectivity index (χ0v) is 13.9. The number of nitrogens with one attached hydrogen (secondary N) is 3. The first-order valence-electron chi connectivity index (χ1n) is 7.96. The van der Waals surface area contributed by atoms with Crippen LogP contribution in [0.5, 0.6) is 0 Å². The number of aromatic amines is 1. The highest BCUT2D eigenvalue weighted by atomic mass is 16.1. The van der Waals surface area contributed by atoms with E-state index < -0.39 is 0 Å². The number of H-pyrrole nitrogens is 1. The normalized spacial score (nSPS) is 11.2. The summed E-state index contributed by atoms with van der Waals surface area (Å²) >= 11 is 0. The van der Waals surface area contributed by atoms with Gasteiger partial charge in [-0.15, -0.1) is 10.2 Å². The number of hydrogen-bond acceptors (Lipinski definition) is 5. The van der Waals surface area contributed by atoms with Crippen molar-refractivity contribution in [2.24, 2.45) is 0 Å². The van der Waals surface area contributed by atoms with Gasteiger partial charge in [-0.2, -0.15) is 0 Å². The van der Waals surface area contributed by atoms with E-state index in [0.29, 0.717) is 12.1 Å². The summed E-state index contributed by atoms with van der Waals surface area (Å²) in [6, 6.07) is 20.1. The Hall–Kier alpha value is -3.41. The molecular formula is C19H19N5O. The molecule has 0 fully saturated rings. The Morgan fingerprint density at radius 1 is 1.04 bits per heavy atom. The van der Waals surface area contributed by atoms with Crippen LogP contribution >= 0.6 is 0 Å². The molecule has 6 nitrogen and oxygen atoms in total. The minimum Gasteiger partial charge on any atom is -0.302 e. The second-order valence-electron chi connectivity index (χ2n) is 5.58. The van der Waals surface area contributed by atoms with Crippen molar-refractivity contribution in [3.05, 3.63) is 93.5 Å². The van der Waals surface area contributed by atoms with Crippen LogP contribution in [0.4, 0.5) is 5.95 Å². The number of aromatic nitrogens is 3. The quantitative estimate of drug-likeness (QED) is 0.604. The van der Waals surface area contributed by atoms with Gasteiger partial charge in [0.25, 0.3) is 5.56 Å². The number of aryl methyl sites for hydroxylation is 1. The molecule has 0 saturated heterocycles. The SMILES string of the molecule is Cc1nnc(NN/C(=C/c2ccccc2)Cc2ccccc2)[nH]c1=O. The number of hydrogen-bond donors (Lipinski definition) is 3. The summed E-state index contributed by atoms with van der Waals surface area (Å²) in [6.45, 7) is 1.61. The summed E-state index contributed by atoms with van der Waals surface area (Å²) in [5.41, 5.74) is 9.26. The van der Waals surface area contributed by atoms with Crippen molar-refractivity contribution in [1.82, 2.24) is 20.6 Å². The molecule has 0 amide bonds. The van der Waals surface area contributed by atoms with Crippen LogP contribution < -0.4 is 16.4 Å². The first-order chi connectivity index (χ1) is 12.2. The molecular weight excluding hydrogens is 314 g/mol. The second kappa shape index (κ2) is 7.92. The summed E-state index contributed by atoms with van der Waals surface area (Å²) in [7, 11) is 0. The number of rotatable bonds is 6. The number of benzene rings is 2. The van der Waals surface area contributed by atoms with Gasteiger partial charge in [-0.1, -0.05) is 60.7 Å². The van der Waals surface area contributed by atoms with Gasteiger partial charge in [-0.05, 0) is 24.1 Å². The van der Waals surface area contributed by atoms with Crippen LogP contribution in [-0.2, 0) is 6.42 Å². The lowest BCUT2D eigenvalue weighted by Gasteiger charge is -2.13. The molecule has 0 bridgehead atoms. The molecule has 25 heavy (non-hydrogen) atoms. The van der Waals surface area contributed by atoms with E-state index in [1.54, 1.807) is 6.92 Å². The monoisotopic (exact) mass is 333 g/mol. The maximum atomic E-state index is 11.6. The topological polar surface area (TPSA) is 82.7 Å². The van der Waals surface area contributed by atoms with Crippen LogP contribution in [0, 0.1) is 6.92 Å². The molecule has 3 rings (SSSR count). The van der Waals surface area contributed by atoms with Gasteiger partial charge < -0.3 is 5.43 Å². The molecule has 0 saturated carbocycles. The zero-order valence-electron chi connectivity index (χ0n) is 13.9. The minimum absolute atomic E-state index is 0.266. The Morgan fingerprint density at radius 2 is 1.72 bits per heavy atom. The fourth-order valence-electron chi connectivity index (χ4n) is 2.29. The average molecular weight is 333 g/mol. The molecule has 2 aromatic carbocycles. The second-order valence-corrected chi connectivity index (χ2v) is 5.58. The van der Waals surface area contributed by atoms with Gasteiger partial charge in [0.2, 0.25) is 5.95 Å². The van der Waals surface area contributed by atoms with Gasteiger partial charge >= 0.3 is 0 Å². The van der Waals surface area contributed by atoms with Gasteiger partial charge in [-0.3, -0.25) is 15.2 Å². The molecule has 3 aromatic rings. The Morgan fingerprint density at radius 3 is 2.40 bits per heavy atom. The average Bonchev–Trinajstić information content (AvgIpc) is 2.64. The molecule has 0 spiro atoms. The highest BCUT2D eigenvalue weighted by Gasteiger charge is 2.03. The fourth-order valence-corrected chi connectivity index (χ4v) is 2.29. The van der Waals surface area contributed by atoms with E-state index in [1.807, 2.05) is 54.6 Å². The molecule has 1 heterocycles. The molecule has 6 heteroatoms. The molecule has 0 aliphatic heterocycles. The van der Waals surface area contributed by atoms with E-state index in [-0.39, 0.29) is 11.5 Å².